The van der Waals surface area contributed by atoms with Crippen LogP contribution in [0.3, 0.4) is 0 Å². The zero-order valence-corrected chi connectivity index (χ0v) is 19.4. The Hall–Kier alpha value is -1.38. The summed E-state index contributed by atoms with van der Waals surface area (Å²) in [6, 6.07) is 4.07. The molecule has 0 spiro atoms. The van der Waals surface area contributed by atoms with Gasteiger partial charge in [-0.3, -0.25) is 0 Å². The van der Waals surface area contributed by atoms with Crippen molar-refractivity contribution in [3.05, 3.63) is 35.4 Å². The molecule has 0 radical (unpaired) electrons. The van der Waals surface area contributed by atoms with Gasteiger partial charge in [-0.15, -0.1) is 11.8 Å². The van der Waals surface area contributed by atoms with Crippen LogP contribution in [0.5, 0.6) is 0 Å². The number of carbonyl (C=O) groups excluding carboxylic acids is 1. The van der Waals surface area contributed by atoms with Crippen molar-refractivity contribution in [1.82, 2.24) is 15.5 Å². The van der Waals surface area contributed by atoms with Crippen LogP contribution >= 0.6 is 11.8 Å². The highest BCUT2D eigenvalue weighted by Gasteiger charge is 2.35. The lowest BCUT2D eigenvalue weighted by atomic mass is 9.82. The molecule has 2 atom stereocenters. The quantitative estimate of drug-likeness (QED) is 0.568. The Morgan fingerprint density at radius 2 is 2.00 bits per heavy atom. The number of thioether (sulfide) groups is 1. The summed E-state index contributed by atoms with van der Waals surface area (Å²) in [5.74, 6) is -0.0319. The number of hydrogen-bond donors (Lipinski definition) is 2. The van der Waals surface area contributed by atoms with Gasteiger partial charge in [-0.05, 0) is 69.3 Å². The third kappa shape index (κ3) is 6.56. The second-order valence-electron chi connectivity index (χ2n) is 8.45. The van der Waals surface area contributed by atoms with Crippen LogP contribution < -0.4 is 10.6 Å². The van der Waals surface area contributed by atoms with Gasteiger partial charge in [-0.1, -0.05) is 6.07 Å². The summed E-state index contributed by atoms with van der Waals surface area (Å²) < 4.78 is 33.6. The van der Waals surface area contributed by atoms with Gasteiger partial charge in [0.2, 0.25) is 0 Å². The Labute approximate surface area is 188 Å². The molecule has 2 amide bonds. The maximum absolute atomic E-state index is 14.1. The van der Waals surface area contributed by atoms with Crippen molar-refractivity contribution in [3.8, 4) is 0 Å². The van der Waals surface area contributed by atoms with Gasteiger partial charge in [0.25, 0.3) is 0 Å². The summed E-state index contributed by atoms with van der Waals surface area (Å²) in [7, 11) is 0. The van der Waals surface area contributed by atoms with E-state index in [1.54, 1.807) is 17.8 Å². The van der Waals surface area contributed by atoms with Crippen molar-refractivity contribution in [2.45, 2.75) is 69.6 Å². The Morgan fingerprint density at radius 1 is 1.23 bits per heavy atom. The van der Waals surface area contributed by atoms with Gasteiger partial charge >= 0.3 is 6.03 Å². The number of nitrogens with zero attached hydrogens (tertiary/aromatic N) is 1. The lowest BCUT2D eigenvalue weighted by Gasteiger charge is -2.42. The van der Waals surface area contributed by atoms with E-state index in [4.69, 9.17) is 4.74 Å². The predicted molar refractivity (Wildman–Crippen MR) is 121 cm³/mol. The number of amides is 2. The first-order chi connectivity index (χ1) is 15.0. The van der Waals surface area contributed by atoms with Gasteiger partial charge < -0.3 is 20.3 Å². The fraction of sp³-hybridized carbons (Fsp3) is 0.696. The third-order valence-corrected chi connectivity index (χ3v) is 6.89. The van der Waals surface area contributed by atoms with E-state index in [-0.39, 0.29) is 30.1 Å². The van der Waals surface area contributed by atoms with Crippen LogP contribution in [0.25, 0.3) is 0 Å². The highest BCUT2D eigenvalue weighted by atomic mass is 32.2. The standard InChI is InChI=1S/C23H35F2N3O2S/c1-3-26-23(29)28-12-4-5-21(27-15-31-2)22(28)14-30-18-9-6-16(7-10-18)19-11-8-17(24)13-20(19)25/h8,11,13,16,18,21-22,27H,3-7,9-10,12,14-15H2,1-2H3,(H,26,29)/t16-,18+,21-,22-/m0/s1. The van der Waals surface area contributed by atoms with E-state index in [9.17, 15) is 13.6 Å². The Kier molecular flexibility index (Phi) is 9.41. The normalized spacial score (nSPS) is 26.6. The first-order valence-electron chi connectivity index (χ1n) is 11.4. The number of urea groups is 1. The van der Waals surface area contributed by atoms with Gasteiger partial charge in [0.1, 0.15) is 11.6 Å². The van der Waals surface area contributed by atoms with Crippen molar-refractivity contribution < 1.29 is 18.3 Å². The van der Waals surface area contributed by atoms with Gasteiger partial charge in [0.05, 0.1) is 18.8 Å². The minimum atomic E-state index is -0.535. The molecule has 174 valence electrons. The number of halogens is 2. The zero-order valence-electron chi connectivity index (χ0n) is 18.5. The van der Waals surface area contributed by atoms with Crippen LogP contribution in [0, 0.1) is 11.6 Å². The molecule has 2 aliphatic rings. The highest BCUT2D eigenvalue weighted by molar-refractivity contribution is 7.98. The summed E-state index contributed by atoms with van der Waals surface area (Å²) in [4.78, 5) is 14.5. The molecule has 0 aromatic heterocycles. The molecule has 3 rings (SSSR count). The van der Waals surface area contributed by atoms with Gasteiger partial charge in [-0.25, -0.2) is 13.6 Å². The topological polar surface area (TPSA) is 53.6 Å². The third-order valence-electron chi connectivity index (χ3n) is 6.44. The Morgan fingerprint density at radius 3 is 2.68 bits per heavy atom. The molecule has 1 aliphatic carbocycles. The van der Waals surface area contributed by atoms with Crippen molar-refractivity contribution in [3.63, 3.8) is 0 Å². The number of likely N-dealkylation sites (tertiary alicyclic amines) is 1. The molecule has 8 heteroatoms. The second-order valence-corrected chi connectivity index (χ2v) is 9.32. The number of rotatable bonds is 8. The van der Waals surface area contributed by atoms with E-state index < -0.39 is 11.6 Å². The number of ether oxygens (including phenoxy) is 1. The van der Waals surface area contributed by atoms with Crippen molar-refractivity contribution in [2.24, 2.45) is 0 Å². The molecular formula is C23H35F2N3O2S. The average molecular weight is 456 g/mol. The fourth-order valence-electron chi connectivity index (χ4n) is 4.80. The summed E-state index contributed by atoms with van der Waals surface area (Å²) in [6.07, 6.45) is 7.52. The zero-order chi connectivity index (χ0) is 22.2. The molecule has 1 saturated heterocycles. The fourth-order valence-corrected chi connectivity index (χ4v) is 5.18. The second kappa shape index (κ2) is 12.0. The number of hydrogen-bond acceptors (Lipinski definition) is 4. The summed E-state index contributed by atoms with van der Waals surface area (Å²) in [6.45, 7) is 3.78. The summed E-state index contributed by atoms with van der Waals surface area (Å²) >= 11 is 1.74. The van der Waals surface area contributed by atoms with E-state index >= 15 is 0 Å². The summed E-state index contributed by atoms with van der Waals surface area (Å²) in [5, 5.41) is 6.49. The Balaban J connectivity index is 1.56. The molecule has 2 N–H and O–H groups in total. The van der Waals surface area contributed by atoms with Crippen molar-refractivity contribution in [2.75, 3.05) is 31.8 Å². The van der Waals surface area contributed by atoms with Gasteiger partial charge in [-0.2, -0.15) is 0 Å². The first-order valence-corrected chi connectivity index (χ1v) is 12.8. The molecule has 2 fully saturated rings. The molecular weight excluding hydrogens is 420 g/mol. The van der Waals surface area contributed by atoms with E-state index in [2.05, 4.69) is 16.9 Å². The highest BCUT2D eigenvalue weighted by Crippen LogP contribution is 2.35. The van der Waals surface area contributed by atoms with Crippen LogP contribution in [0.15, 0.2) is 18.2 Å². The SMILES string of the molecule is CCNC(=O)N1CCC[C@H](NCSC)[C@@H]1CO[C@H]1CC[C@@H](c2ccc(F)cc2F)CC1. The van der Waals surface area contributed by atoms with E-state index in [0.717, 1.165) is 57.0 Å². The molecule has 1 aliphatic heterocycles. The van der Waals surface area contributed by atoms with E-state index in [1.807, 2.05) is 11.8 Å². The van der Waals surface area contributed by atoms with E-state index in [1.165, 1.54) is 6.07 Å². The van der Waals surface area contributed by atoms with E-state index in [0.29, 0.717) is 18.7 Å². The van der Waals surface area contributed by atoms with Crippen LogP contribution in [0.4, 0.5) is 13.6 Å². The number of nitrogens with one attached hydrogen (secondary N) is 2. The average Bonchev–Trinajstić information content (AvgIpc) is 2.77. The molecule has 1 saturated carbocycles. The van der Waals surface area contributed by atoms with Gasteiger partial charge in [0.15, 0.2) is 0 Å². The minimum absolute atomic E-state index is 0.000263. The molecule has 1 aromatic carbocycles. The van der Waals surface area contributed by atoms with Crippen molar-refractivity contribution in [1.29, 1.82) is 0 Å². The lowest BCUT2D eigenvalue weighted by Crippen LogP contribution is -2.60. The molecule has 0 bridgehead atoms. The van der Waals surface area contributed by atoms with Gasteiger partial charge in [0, 0.05) is 31.1 Å². The van der Waals surface area contributed by atoms with Crippen LogP contribution in [0.1, 0.15) is 56.9 Å². The molecule has 1 heterocycles. The molecule has 0 unspecified atom stereocenters. The summed E-state index contributed by atoms with van der Waals surface area (Å²) in [5.41, 5.74) is 0.607. The molecule has 31 heavy (non-hydrogen) atoms. The smallest absolute Gasteiger partial charge is 0.317 e. The first kappa shape index (κ1) is 24.3. The largest absolute Gasteiger partial charge is 0.376 e. The minimum Gasteiger partial charge on any atom is -0.376 e. The number of carbonyl (C=O) groups is 1. The maximum atomic E-state index is 14.1. The maximum Gasteiger partial charge on any atom is 0.317 e. The van der Waals surface area contributed by atoms with Crippen molar-refractivity contribution >= 4 is 17.8 Å². The Bertz CT molecular complexity index is 716. The van der Waals surface area contributed by atoms with Crippen LogP contribution in [-0.4, -0.2) is 60.9 Å². The predicted octanol–water partition coefficient (Wildman–Crippen LogP) is 4.48. The molecule has 5 nitrogen and oxygen atoms in total. The monoisotopic (exact) mass is 455 g/mol. The molecule has 1 aromatic rings. The number of piperidine rings is 1. The van der Waals surface area contributed by atoms with Crippen LogP contribution in [-0.2, 0) is 4.74 Å². The number of benzene rings is 1. The lowest BCUT2D eigenvalue weighted by molar-refractivity contribution is -0.0191. The van der Waals surface area contributed by atoms with Crippen LogP contribution in [0.2, 0.25) is 0 Å².